The zero-order valence-electron chi connectivity index (χ0n) is 24.1. The lowest BCUT2D eigenvalue weighted by atomic mass is 9.91. The zero-order valence-corrected chi connectivity index (χ0v) is 24.1. The second-order valence-electron chi connectivity index (χ2n) is 10.5. The van der Waals surface area contributed by atoms with Crippen LogP contribution in [-0.4, -0.2) is 11.5 Å². The molecule has 0 saturated carbocycles. The Hall–Kier alpha value is -3.31. The molecule has 0 fully saturated rings. The number of aromatic nitrogens is 1. The Kier molecular flexibility index (Phi) is 12.7. The van der Waals surface area contributed by atoms with Gasteiger partial charge in [-0.2, -0.15) is 0 Å². The van der Waals surface area contributed by atoms with Crippen molar-refractivity contribution in [2.45, 2.75) is 74.1 Å². The summed E-state index contributed by atoms with van der Waals surface area (Å²) in [7, 11) is 0. The maximum Gasteiger partial charge on any atom is 0.0560 e. The van der Waals surface area contributed by atoms with Gasteiger partial charge in [-0.15, -0.1) is 0 Å². The molecule has 0 aliphatic heterocycles. The van der Waals surface area contributed by atoms with E-state index >= 15 is 0 Å². The van der Waals surface area contributed by atoms with Crippen molar-refractivity contribution in [2.24, 2.45) is 11.8 Å². The molecule has 196 valence electrons. The summed E-state index contributed by atoms with van der Waals surface area (Å²) in [5.41, 5.74) is 8.66. The quantitative estimate of drug-likeness (QED) is 0.235. The van der Waals surface area contributed by atoms with Crippen molar-refractivity contribution in [3.8, 4) is 11.8 Å². The molecule has 1 heterocycles. The lowest BCUT2D eigenvalue weighted by Crippen LogP contribution is -2.12. The molecule has 1 aromatic carbocycles. The maximum atomic E-state index is 4.86. The van der Waals surface area contributed by atoms with Crippen LogP contribution >= 0.6 is 0 Å². The van der Waals surface area contributed by atoms with Gasteiger partial charge in [-0.1, -0.05) is 93.2 Å². The minimum atomic E-state index is 0.672. The molecule has 2 nitrogen and oxygen atoms in total. The summed E-state index contributed by atoms with van der Waals surface area (Å²) < 4.78 is 0. The SMILES string of the molecule is C=C(NC/C=C/C(C=C(C)C)=C/C)c1cnc(CCC(C)CC(C)CC)c(C#Cc2ccc(C)cc2)c1. The highest BCUT2D eigenvalue weighted by Gasteiger charge is 2.11. The Morgan fingerprint density at radius 3 is 2.49 bits per heavy atom. The van der Waals surface area contributed by atoms with E-state index in [2.05, 4.69) is 127 Å². The minimum absolute atomic E-state index is 0.672. The predicted molar refractivity (Wildman–Crippen MR) is 162 cm³/mol. The van der Waals surface area contributed by atoms with Gasteiger partial charge in [0.2, 0.25) is 0 Å². The van der Waals surface area contributed by atoms with E-state index in [4.69, 9.17) is 4.98 Å². The lowest BCUT2D eigenvalue weighted by Gasteiger charge is -2.16. The molecule has 0 aliphatic rings. The van der Waals surface area contributed by atoms with Gasteiger partial charge in [0.05, 0.1) is 5.69 Å². The van der Waals surface area contributed by atoms with Crippen molar-refractivity contribution in [3.05, 3.63) is 107 Å². The van der Waals surface area contributed by atoms with Crippen LogP contribution in [0.5, 0.6) is 0 Å². The number of rotatable bonds is 12. The van der Waals surface area contributed by atoms with Crippen LogP contribution < -0.4 is 5.32 Å². The summed E-state index contributed by atoms with van der Waals surface area (Å²) in [6.45, 7) is 20.3. The average Bonchev–Trinajstić information content (AvgIpc) is 2.88. The Bertz CT molecular complexity index is 1160. The third-order valence-corrected chi connectivity index (χ3v) is 6.62. The third-order valence-electron chi connectivity index (χ3n) is 6.62. The molecule has 1 N–H and O–H groups in total. The van der Waals surface area contributed by atoms with E-state index in [-0.39, 0.29) is 0 Å². The fraction of sp³-hybridized carbons (Fsp3) is 0.400. The Labute approximate surface area is 226 Å². The summed E-state index contributed by atoms with van der Waals surface area (Å²) >= 11 is 0. The van der Waals surface area contributed by atoms with Crippen LogP contribution in [-0.2, 0) is 6.42 Å². The van der Waals surface area contributed by atoms with E-state index in [1.54, 1.807) is 0 Å². The summed E-state index contributed by atoms with van der Waals surface area (Å²) in [6.07, 6.45) is 15.0. The van der Waals surface area contributed by atoms with Gasteiger partial charge in [0.25, 0.3) is 0 Å². The molecule has 2 heteroatoms. The van der Waals surface area contributed by atoms with E-state index in [1.807, 2.05) is 6.20 Å². The minimum Gasteiger partial charge on any atom is -0.382 e. The van der Waals surface area contributed by atoms with Gasteiger partial charge < -0.3 is 5.32 Å². The summed E-state index contributed by atoms with van der Waals surface area (Å²) in [4.78, 5) is 4.86. The largest absolute Gasteiger partial charge is 0.382 e. The summed E-state index contributed by atoms with van der Waals surface area (Å²) in [6, 6.07) is 10.5. The number of hydrogen-bond donors (Lipinski definition) is 1. The fourth-order valence-corrected chi connectivity index (χ4v) is 4.14. The van der Waals surface area contributed by atoms with Gasteiger partial charge in [-0.25, -0.2) is 0 Å². The highest BCUT2D eigenvalue weighted by molar-refractivity contribution is 5.63. The number of benzene rings is 1. The number of pyridine rings is 1. The fourth-order valence-electron chi connectivity index (χ4n) is 4.14. The van der Waals surface area contributed by atoms with Gasteiger partial charge in [0.1, 0.15) is 0 Å². The standard InChI is InChI=1S/C35H46N2/c1-9-27(5)23-29(7)15-20-35-33(19-18-32-16-13-28(6)14-17-32)24-34(25-37-35)30(8)36-21-11-12-31(10-2)22-26(3)4/h10-14,16-17,22,24-25,27,29,36H,8-9,15,20-21,23H2,1-7H3/b12-11+,31-10-. The Balaban J connectivity index is 2.19. The van der Waals surface area contributed by atoms with Crippen LogP contribution in [0.25, 0.3) is 5.70 Å². The lowest BCUT2D eigenvalue weighted by molar-refractivity contribution is 0.386. The number of hydrogen-bond acceptors (Lipinski definition) is 2. The van der Waals surface area contributed by atoms with Crippen molar-refractivity contribution in [2.75, 3.05) is 6.54 Å². The van der Waals surface area contributed by atoms with Crippen molar-refractivity contribution in [1.29, 1.82) is 0 Å². The van der Waals surface area contributed by atoms with Crippen molar-refractivity contribution < 1.29 is 0 Å². The van der Waals surface area contributed by atoms with Crippen LogP contribution in [0.1, 0.15) is 88.8 Å². The Morgan fingerprint density at radius 1 is 1.11 bits per heavy atom. The Morgan fingerprint density at radius 2 is 1.84 bits per heavy atom. The third kappa shape index (κ3) is 11.1. The normalized spacial score (nSPS) is 13.0. The van der Waals surface area contributed by atoms with Crippen LogP contribution in [0.2, 0.25) is 0 Å². The first-order valence-corrected chi connectivity index (χ1v) is 13.7. The molecule has 0 radical (unpaired) electrons. The number of allylic oxidation sites excluding steroid dienone is 5. The number of nitrogens with one attached hydrogen (secondary N) is 1. The molecule has 0 bridgehead atoms. The first-order valence-electron chi connectivity index (χ1n) is 13.7. The van der Waals surface area contributed by atoms with Gasteiger partial charge >= 0.3 is 0 Å². The van der Waals surface area contributed by atoms with E-state index in [1.165, 1.54) is 29.6 Å². The van der Waals surface area contributed by atoms with Crippen molar-refractivity contribution in [1.82, 2.24) is 10.3 Å². The van der Waals surface area contributed by atoms with E-state index in [9.17, 15) is 0 Å². The van der Waals surface area contributed by atoms with Gasteiger partial charge in [-0.05, 0) is 82.6 Å². The molecular weight excluding hydrogens is 448 g/mol. The molecular formula is C35H46N2. The summed E-state index contributed by atoms with van der Waals surface area (Å²) in [5, 5.41) is 3.42. The molecule has 2 aromatic rings. The average molecular weight is 495 g/mol. The summed E-state index contributed by atoms with van der Waals surface area (Å²) in [5.74, 6) is 8.20. The first kappa shape index (κ1) is 29.9. The number of nitrogens with zero attached hydrogens (tertiary/aromatic N) is 1. The second kappa shape index (κ2) is 15.7. The molecule has 0 saturated heterocycles. The smallest absolute Gasteiger partial charge is 0.0560 e. The highest BCUT2D eigenvalue weighted by atomic mass is 14.9. The monoisotopic (exact) mass is 494 g/mol. The van der Waals surface area contributed by atoms with Crippen LogP contribution in [0.4, 0.5) is 0 Å². The van der Waals surface area contributed by atoms with E-state index in [0.717, 1.165) is 46.8 Å². The van der Waals surface area contributed by atoms with Crippen LogP contribution in [0.15, 0.2) is 78.6 Å². The molecule has 2 rings (SSSR count). The molecule has 1 aromatic heterocycles. The van der Waals surface area contributed by atoms with E-state index in [0.29, 0.717) is 12.5 Å². The molecule has 2 unspecified atom stereocenters. The topological polar surface area (TPSA) is 24.9 Å². The highest BCUT2D eigenvalue weighted by Crippen LogP contribution is 2.21. The molecule has 0 amide bonds. The van der Waals surface area contributed by atoms with Crippen molar-refractivity contribution in [3.63, 3.8) is 0 Å². The molecule has 0 spiro atoms. The van der Waals surface area contributed by atoms with Crippen LogP contribution in [0.3, 0.4) is 0 Å². The van der Waals surface area contributed by atoms with Crippen molar-refractivity contribution >= 4 is 5.70 Å². The number of aryl methyl sites for hydroxylation is 2. The van der Waals surface area contributed by atoms with Gasteiger partial charge in [0.15, 0.2) is 0 Å². The van der Waals surface area contributed by atoms with Gasteiger partial charge in [-0.3, -0.25) is 4.98 Å². The molecule has 37 heavy (non-hydrogen) atoms. The van der Waals surface area contributed by atoms with Gasteiger partial charge in [0, 0.05) is 35.1 Å². The maximum absolute atomic E-state index is 4.86. The van der Waals surface area contributed by atoms with Crippen LogP contribution in [0, 0.1) is 30.6 Å². The van der Waals surface area contributed by atoms with E-state index < -0.39 is 0 Å². The zero-order chi connectivity index (χ0) is 27.2. The molecule has 2 atom stereocenters. The first-order chi connectivity index (χ1) is 17.7. The second-order valence-corrected chi connectivity index (χ2v) is 10.5. The molecule has 0 aliphatic carbocycles. The predicted octanol–water partition coefficient (Wildman–Crippen LogP) is 8.82.